The van der Waals surface area contributed by atoms with Gasteiger partial charge in [0.05, 0.1) is 12.3 Å². The van der Waals surface area contributed by atoms with Crippen molar-refractivity contribution in [3.63, 3.8) is 0 Å². The fraction of sp³-hybridized carbons (Fsp3) is 0.778. The predicted octanol–water partition coefficient (Wildman–Crippen LogP) is 0.988. The predicted molar refractivity (Wildman–Crippen MR) is 103 cm³/mol. The van der Waals surface area contributed by atoms with Crippen molar-refractivity contribution in [3.05, 3.63) is 0 Å². The van der Waals surface area contributed by atoms with Crippen LogP contribution in [0.5, 0.6) is 0 Å². The molecule has 0 aromatic carbocycles. The minimum Gasteiger partial charge on any atom is -0.463 e. The van der Waals surface area contributed by atoms with Gasteiger partial charge in [0.1, 0.15) is 12.7 Å². The van der Waals surface area contributed by atoms with Crippen molar-refractivity contribution in [3.8, 4) is 0 Å². The fourth-order valence-corrected chi connectivity index (χ4v) is 4.18. The summed E-state index contributed by atoms with van der Waals surface area (Å²) in [5, 5.41) is 0. The largest absolute Gasteiger partial charge is 0.463 e. The molecule has 0 bridgehead atoms. The second-order valence-corrected chi connectivity index (χ2v) is 9.13. The molecular weight excluding hydrogens is 439 g/mol. The second kappa shape index (κ2) is 12.1. The second-order valence-electron chi connectivity index (χ2n) is 6.73. The molecule has 0 aromatic rings. The molecule has 0 aromatic heterocycles. The van der Waals surface area contributed by atoms with Crippen LogP contribution in [0.1, 0.15) is 34.1 Å². The van der Waals surface area contributed by atoms with E-state index in [0.717, 1.165) is 20.8 Å². The van der Waals surface area contributed by atoms with Gasteiger partial charge in [0.25, 0.3) is 0 Å². The van der Waals surface area contributed by atoms with Crippen molar-refractivity contribution in [1.29, 1.82) is 0 Å². The molecule has 0 aliphatic carbocycles. The van der Waals surface area contributed by atoms with Gasteiger partial charge in [-0.25, -0.2) is 0 Å². The molecule has 0 saturated carbocycles. The van der Waals surface area contributed by atoms with Crippen LogP contribution < -0.4 is 0 Å². The van der Waals surface area contributed by atoms with Crippen LogP contribution in [0.25, 0.3) is 0 Å². The molecule has 0 spiro atoms. The molecule has 1 heterocycles. The van der Waals surface area contributed by atoms with E-state index in [1.165, 1.54) is 21.1 Å². The quantitative estimate of drug-likeness (QED) is 0.255. The Morgan fingerprint density at radius 2 is 1.19 bits per heavy atom. The highest BCUT2D eigenvalue weighted by molar-refractivity contribution is 7.53. The molecule has 12 nitrogen and oxygen atoms in total. The van der Waals surface area contributed by atoms with Crippen LogP contribution in [0.15, 0.2) is 0 Å². The van der Waals surface area contributed by atoms with E-state index in [0.29, 0.717) is 0 Å². The highest BCUT2D eigenvalue weighted by Gasteiger charge is 2.52. The Bertz CT molecular complexity index is 700. The molecule has 1 aliphatic heterocycles. The average Bonchev–Trinajstić information content (AvgIpc) is 2.67. The van der Waals surface area contributed by atoms with Gasteiger partial charge < -0.3 is 32.7 Å². The van der Waals surface area contributed by atoms with Crippen LogP contribution in [0, 0.1) is 0 Å². The number of rotatable bonds is 10. The van der Waals surface area contributed by atoms with Crippen LogP contribution in [0.4, 0.5) is 0 Å². The smallest absolute Gasteiger partial charge is 0.330 e. The lowest BCUT2D eigenvalue weighted by molar-refractivity contribution is -0.252. The lowest BCUT2D eigenvalue weighted by Crippen LogP contribution is -2.62. The van der Waals surface area contributed by atoms with Gasteiger partial charge in [0, 0.05) is 41.9 Å². The standard InChI is InChI=1S/C18H29O12P/c1-10(19)26-9-15-17(28-12(3)21)18(29-13(4)22)16(27-11(2)20)14(30-15)7-8-31(23,24-5)25-6/h14-18H,7-9H2,1-6H3/t14-,15-,16+,17-,18-/m1/s1. The average molecular weight is 468 g/mol. The van der Waals surface area contributed by atoms with E-state index in [-0.39, 0.29) is 19.2 Å². The summed E-state index contributed by atoms with van der Waals surface area (Å²) in [4.78, 5) is 46.4. The Kier molecular flexibility index (Phi) is 10.6. The monoisotopic (exact) mass is 468 g/mol. The van der Waals surface area contributed by atoms with Gasteiger partial charge >= 0.3 is 31.5 Å². The lowest BCUT2D eigenvalue weighted by Gasteiger charge is -2.44. The van der Waals surface area contributed by atoms with E-state index in [9.17, 15) is 23.7 Å². The van der Waals surface area contributed by atoms with E-state index in [4.69, 9.17) is 32.7 Å². The van der Waals surface area contributed by atoms with Gasteiger partial charge in [-0.15, -0.1) is 0 Å². The molecule has 31 heavy (non-hydrogen) atoms. The first-order valence-corrected chi connectivity index (χ1v) is 11.2. The molecular formula is C18H29O12P. The third kappa shape index (κ3) is 8.56. The summed E-state index contributed by atoms with van der Waals surface area (Å²) < 4.78 is 49.1. The molecule has 0 amide bonds. The first kappa shape index (κ1) is 27.0. The van der Waals surface area contributed by atoms with E-state index < -0.39 is 62.0 Å². The van der Waals surface area contributed by atoms with Crippen LogP contribution in [0.3, 0.4) is 0 Å². The lowest BCUT2D eigenvalue weighted by atomic mass is 9.93. The molecule has 5 atom stereocenters. The SMILES string of the molecule is COP(=O)(CC[C@H]1O[C@H](COC(C)=O)[C@@H](OC(C)=O)[C@H](OC(C)=O)[C@H]1OC(C)=O)OC. The molecule has 1 fully saturated rings. The molecule has 1 rings (SSSR count). The van der Waals surface area contributed by atoms with Crippen molar-refractivity contribution in [2.24, 2.45) is 0 Å². The van der Waals surface area contributed by atoms with E-state index in [1.54, 1.807) is 0 Å². The first-order chi connectivity index (χ1) is 14.4. The maximum atomic E-state index is 12.5. The Labute approximate surface area is 180 Å². The van der Waals surface area contributed by atoms with Gasteiger partial charge in [0.15, 0.2) is 18.3 Å². The van der Waals surface area contributed by atoms with Crippen molar-refractivity contribution < 1.29 is 56.5 Å². The van der Waals surface area contributed by atoms with Crippen molar-refractivity contribution >= 4 is 31.5 Å². The summed E-state index contributed by atoms with van der Waals surface area (Å²) in [6, 6.07) is 0. The summed E-state index contributed by atoms with van der Waals surface area (Å²) in [5.74, 6) is -2.78. The summed E-state index contributed by atoms with van der Waals surface area (Å²) in [5.41, 5.74) is 0. The minimum absolute atomic E-state index is 0.00195. The van der Waals surface area contributed by atoms with Gasteiger partial charge in [-0.2, -0.15) is 0 Å². The first-order valence-electron chi connectivity index (χ1n) is 9.43. The zero-order valence-corrected chi connectivity index (χ0v) is 19.2. The highest BCUT2D eigenvalue weighted by Crippen LogP contribution is 2.48. The van der Waals surface area contributed by atoms with Gasteiger partial charge in [-0.1, -0.05) is 0 Å². The topological polar surface area (TPSA) is 150 Å². The molecule has 0 N–H and O–H groups in total. The van der Waals surface area contributed by atoms with Crippen molar-refractivity contribution in [1.82, 2.24) is 0 Å². The van der Waals surface area contributed by atoms with Crippen LogP contribution in [-0.2, 0) is 56.5 Å². The number of hydrogen-bond acceptors (Lipinski definition) is 12. The van der Waals surface area contributed by atoms with Gasteiger partial charge in [-0.3, -0.25) is 23.7 Å². The summed E-state index contributed by atoms with van der Waals surface area (Å²) in [6.45, 7) is 4.25. The normalized spacial score (nSPS) is 25.9. The number of carbonyl (C=O) groups excluding carboxylic acids is 4. The Balaban J connectivity index is 3.32. The van der Waals surface area contributed by atoms with E-state index in [2.05, 4.69) is 0 Å². The number of hydrogen-bond donors (Lipinski definition) is 0. The van der Waals surface area contributed by atoms with Crippen molar-refractivity contribution in [2.75, 3.05) is 27.0 Å². The number of esters is 4. The zero-order chi connectivity index (χ0) is 23.8. The molecule has 0 radical (unpaired) electrons. The Morgan fingerprint density at radius 3 is 1.61 bits per heavy atom. The zero-order valence-electron chi connectivity index (χ0n) is 18.4. The van der Waals surface area contributed by atoms with Crippen LogP contribution in [-0.4, -0.2) is 81.4 Å². The van der Waals surface area contributed by atoms with E-state index in [1.807, 2.05) is 0 Å². The van der Waals surface area contributed by atoms with Gasteiger partial charge in [-0.05, 0) is 6.42 Å². The summed E-state index contributed by atoms with van der Waals surface area (Å²) in [6.07, 6.45) is -5.86. The maximum Gasteiger partial charge on any atom is 0.330 e. The third-order valence-electron chi connectivity index (χ3n) is 4.33. The number of ether oxygens (including phenoxy) is 5. The fourth-order valence-electron chi connectivity index (χ4n) is 3.09. The molecule has 178 valence electrons. The van der Waals surface area contributed by atoms with Crippen molar-refractivity contribution in [2.45, 2.75) is 64.6 Å². The number of carbonyl (C=O) groups is 4. The maximum absolute atomic E-state index is 12.5. The van der Waals surface area contributed by atoms with Crippen LogP contribution >= 0.6 is 7.60 Å². The summed E-state index contributed by atoms with van der Waals surface area (Å²) >= 11 is 0. The van der Waals surface area contributed by atoms with Gasteiger partial charge in [0.2, 0.25) is 0 Å². The Morgan fingerprint density at radius 1 is 0.742 bits per heavy atom. The van der Waals surface area contributed by atoms with E-state index >= 15 is 0 Å². The molecule has 1 aliphatic rings. The molecule has 0 unspecified atom stereocenters. The summed E-state index contributed by atoms with van der Waals surface area (Å²) in [7, 11) is -1.00. The minimum atomic E-state index is -3.44. The molecule has 1 saturated heterocycles. The molecule has 13 heteroatoms. The highest BCUT2D eigenvalue weighted by atomic mass is 31.2. The Hall–Kier alpha value is -2.01. The van der Waals surface area contributed by atoms with Crippen LogP contribution in [0.2, 0.25) is 0 Å². The third-order valence-corrected chi connectivity index (χ3v) is 6.25.